The van der Waals surface area contributed by atoms with Crippen molar-refractivity contribution in [2.45, 2.75) is 6.92 Å². The molecule has 1 rings (SSSR count). The molecule has 20 heavy (non-hydrogen) atoms. The Morgan fingerprint density at radius 1 is 1.50 bits per heavy atom. The molecule has 0 unspecified atom stereocenters. The summed E-state index contributed by atoms with van der Waals surface area (Å²) in [6.07, 6.45) is 0. The molecule has 0 atom stereocenters. The minimum atomic E-state index is -0.859. The van der Waals surface area contributed by atoms with Gasteiger partial charge in [0.05, 0.1) is 23.2 Å². The van der Waals surface area contributed by atoms with Crippen molar-refractivity contribution < 1.29 is 19.0 Å². The van der Waals surface area contributed by atoms with E-state index in [1.165, 1.54) is 12.1 Å². The first kappa shape index (κ1) is 16.4. The number of hydrogen-bond acceptors (Lipinski definition) is 5. The Balaban J connectivity index is 3.03. The Labute approximate surface area is 124 Å². The number of aliphatic hydroxyl groups is 1. The van der Waals surface area contributed by atoms with Crippen molar-refractivity contribution >= 4 is 34.9 Å². The van der Waals surface area contributed by atoms with Crippen molar-refractivity contribution in [1.29, 1.82) is 0 Å². The fourth-order valence-corrected chi connectivity index (χ4v) is 1.44. The first-order valence-electron chi connectivity index (χ1n) is 5.51. The highest BCUT2D eigenvalue weighted by atomic mass is 35.5. The summed E-state index contributed by atoms with van der Waals surface area (Å²) in [6, 6.07) is 3.64. The molecule has 0 spiro atoms. The highest BCUT2D eigenvalue weighted by Crippen LogP contribution is 2.23. The van der Waals surface area contributed by atoms with Crippen LogP contribution in [0.25, 0.3) is 0 Å². The maximum Gasteiger partial charge on any atom is 0.362 e. The number of carbonyl (C=O) groups excluding carboxylic acids is 1. The molecule has 0 aliphatic rings. The topological polar surface area (TPSA) is 71.2 Å². The van der Waals surface area contributed by atoms with E-state index in [4.69, 9.17) is 27.9 Å². The Hall–Kier alpha value is -1.66. The van der Waals surface area contributed by atoms with E-state index in [0.717, 1.165) is 6.07 Å². The lowest BCUT2D eigenvalue weighted by atomic mass is 10.3. The Kier molecular flexibility index (Phi) is 6.41. The van der Waals surface area contributed by atoms with Crippen LogP contribution in [0.5, 0.6) is 0 Å². The van der Waals surface area contributed by atoms with E-state index in [9.17, 15) is 14.3 Å². The van der Waals surface area contributed by atoms with Gasteiger partial charge in [-0.05, 0) is 25.1 Å². The van der Waals surface area contributed by atoms with Gasteiger partial charge in [-0.3, -0.25) is 0 Å². The van der Waals surface area contributed by atoms with Gasteiger partial charge in [-0.1, -0.05) is 11.6 Å². The van der Waals surface area contributed by atoms with Crippen LogP contribution in [-0.4, -0.2) is 23.6 Å². The summed E-state index contributed by atoms with van der Waals surface area (Å²) in [5.41, 5.74) is -0.206. The fraction of sp³-hybridized carbons (Fsp3) is 0.250. The van der Waals surface area contributed by atoms with E-state index < -0.39 is 23.2 Å². The molecule has 1 aromatic rings. The zero-order chi connectivity index (χ0) is 15.1. The van der Waals surface area contributed by atoms with Crippen LogP contribution in [0.3, 0.4) is 0 Å². The highest BCUT2D eigenvalue weighted by molar-refractivity contribution is 6.31. The SMILES string of the molecule is CCOC(=O)/C(N=Nc1ccc(F)c(Cl)c1)=C(\O)CCl. The number of hydrogen-bond donors (Lipinski definition) is 1. The van der Waals surface area contributed by atoms with Crippen LogP contribution >= 0.6 is 23.2 Å². The average molecular weight is 321 g/mol. The number of alkyl halides is 1. The van der Waals surface area contributed by atoms with Crippen molar-refractivity contribution in [2.24, 2.45) is 10.2 Å². The Bertz CT molecular complexity index is 562. The van der Waals surface area contributed by atoms with Crippen molar-refractivity contribution in [3.63, 3.8) is 0 Å². The Morgan fingerprint density at radius 2 is 2.20 bits per heavy atom. The van der Waals surface area contributed by atoms with Crippen LogP contribution in [0.4, 0.5) is 10.1 Å². The van der Waals surface area contributed by atoms with Crippen LogP contribution in [-0.2, 0) is 9.53 Å². The van der Waals surface area contributed by atoms with E-state index in [1.807, 2.05) is 0 Å². The van der Waals surface area contributed by atoms with Gasteiger partial charge in [0.2, 0.25) is 5.70 Å². The van der Waals surface area contributed by atoms with Gasteiger partial charge < -0.3 is 9.84 Å². The quantitative estimate of drug-likeness (QED) is 0.291. The molecule has 5 nitrogen and oxygen atoms in total. The molecule has 0 aliphatic heterocycles. The number of halogens is 3. The predicted molar refractivity (Wildman–Crippen MR) is 72.9 cm³/mol. The third-order valence-corrected chi connectivity index (χ3v) is 2.58. The predicted octanol–water partition coefficient (Wildman–Crippen LogP) is 4.13. The molecule has 0 amide bonds. The standard InChI is InChI=1S/C12H11Cl2FN2O3/c1-2-20-12(19)11(10(18)6-13)17-16-7-3-4-9(15)8(14)5-7/h3-5,18H,2,6H2,1H3/b11-10+,17-16?. The highest BCUT2D eigenvalue weighted by Gasteiger charge is 2.16. The molecule has 0 bridgehead atoms. The molecule has 0 saturated heterocycles. The van der Waals surface area contributed by atoms with E-state index in [0.29, 0.717) is 0 Å². The third kappa shape index (κ3) is 4.47. The summed E-state index contributed by atoms with van der Waals surface area (Å²) in [4.78, 5) is 11.5. The van der Waals surface area contributed by atoms with Gasteiger partial charge in [0, 0.05) is 0 Å². The second-order valence-electron chi connectivity index (χ2n) is 3.45. The van der Waals surface area contributed by atoms with Gasteiger partial charge in [-0.25, -0.2) is 9.18 Å². The zero-order valence-corrected chi connectivity index (χ0v) is 12.0. The van der Waals surface area contributed by atoms with E-state index in [-0.39, 0.29) is 23.2 Å². The number of allylic oxidation sites excluding steroid dienone is 1. The van der Waals surface area contributed by atoms with Gasteiger partial charge in [-0.2, -0.15) is 5.11 Å². The van der Waals surface area contributed by atoms with Crippen LogP contribution in [0.15, 0.2) is 39.9 Å². The van der Waals surface area contributed by atoms with Crippen LogP contribution < -0.4 is 0 Å². The lowest BCUT2D eigenvalue weighted by Crippen LogP contribution is -2.09. The molecule has 1 aromatic carbocycles. The number of azo groups is 1. The lowest BCUT2D eigenvalue weighted by Gasteiger charge is -2.03. The smallest absolute Gasteiger partial charge is 0.362 e. The molecule has 8 heteroatoms. The molecule has 1 N–H and O–H groups in total. The molecule has 0 aromatic heterocycles. The summed E-state index contributed by atoms with van der Waals surface area (Å²) >= 11 is 11.0. The molecule has 0 heterocycles. The monoisotopic (exact) mass is 320 g/mol. The van der Waals surface area contributed by atoms with Crippen molar-refractivity contribution in [3.05, 3.63) is 40.5 Å². The molecule has 108 valence electrons. The number of esters is 1. The van der Waals surface area contributed by atoms with Crippen LogP contribution in [0.1, 0.15) is 6.92 Å². The second kappa shape index (κ2) is 7.81. The minimum Gasteiger partial charge on any atom is -0.508 e. The molecular weight excluding hydrogens is 310 g/mol. The molecule has 0 fully saturated rings. The first-order valence-corrected chi connectivity index (χ1v) is 6.42. The molecule has 0 aliphatic carbocycles. The average Bonchev–Trinajstić information content (AvgIpc) is 2.42. The summed E-state index contributed by atoms with van der Waals surface area (Å²) in [5, 5.41) is 16.6. The number of rotatable bonds is 5. The van der Waals surface area contributed by atoms with Crippen molar-refractivity contribution in [3.8, 4) is 0 Å². The van der Waals surface area contributed by atoms with Gasteiger partial charge >= 0.3 is 5.97 Å². The second-order valence-corrected chi connectivity index (χ2v) is 4.12. The Morgan fingerprint density at radius 3 is 2.75 bits per heavy atom. The normalized spacial score (nSPS) is 12.4. The number of ether oxygens (including phenoxy) is 1. The van der Waals surface area contributed by atoms with Gasteiger partial charge in [0.15, 0.2) is 0 Å². The minimum absolute atomic E-state index is 0.107. The first-order chi connectivity index (χ1) is 9.49. The summed E-state index contributed by atoms with van der Waals surface area (Å²) in [6.45, 7) is 1.71. The van der Waals surface area contributed by atoms with Gasteiger partial charge in [-0.15, -0.1) is 16.7 Å². The number of nitrogens with zero attached hydrogens (tertiary/aromatic N) is 2. The zero-order valence-electron chi connectivity index (χ0n) is 10.4. The summed E-state index contributed by atoms with van der Waals surface area (Å²) in [7, 11) is 0. The summed E-state index contributed by atoms with van der Waals surface area (Å²) in [5.74, 6) is -2.25. The van der Waals surface area contributed by atoms with Crippen molar-refractivity contribution in [2.75, 3.05) is 12.5 Å². The van der Waals surface area contributed by atoms with Crippen molar-refractivity contribution in [1.82, 2.24) is 0 Å². The fourth-order valence-electron chi connectivity index (χ4n) is 1.13. The third-order valence-electron chi connectivity index (χ3n) is 2.04. The van der Waals surface area contributed by atoms with Crippen LogP contribution in [0.2, 0.25) is 5.02 Å². The summed E-state index contributed by atoms with van der Waals surface area (Å²) < 4.78 is 17.7. The van der Waals surface area contributed by atoms with E-state index in [1.54, 1.807) is 6.92 Å². The maximum atomic E-state index is 13.0. The molecule has 0 radical (unpaired) electrons. The maximum absolute atomic E-state index is 13.0. The van der Waals surface area contributed by atoms with E-state index in [2.05, 4.69) is 10.2 Å². The number of aliphatic hydroxyl groups excluding tert-OH is 1. The van der Waals surface area contributed by atoms with Crippen LogP contribution in [0, 0.1) is 5.82 Å². The van der Waals surface area contributed by atoms with Gasteiger partial charge in [0.25, 0.3) is 0 Å². The largest absolute Gasteiger partial charge is 0.508 e. The molecule has 0 saturated carbocycles. The number of benzene rings is 1. The number of carbonyl (C=O) groups is 1. The molecular formula is C12H11Cl2FN2O3. The lowest BCUT2D eigenvalue weighted by molar-refractivity contribution is -0.138. The van der Waals surface area contributed by atoms with E-state index >= 15 is 0 Å². The van der Waals surface area contributed by atoms with Gasteiger partial charge in [0.1, 0.15) is 11.6 Å².